The van der Waals surface area contributed by atoms with E-state index >= 15 is 0 Å². The number of rotatable bonds is 0. The van der Waals surface area contributed by atoms with Gasteiger partial charge in [-0.05, 0) is 6.08 Å². The van der Waals surface area contributed by atoms with Gasteiger partial charge in [0.1, 0.15) is 0 Å². The standard InChI is InChI=1S/C3H3Cl2N3/c4-7-3-1-2-6-8(7)5/h1-3H. The van der Waals surface area contributed by atoms with Crippen molar-refractivity contribution in [3.8, 4) is 0 Å². The van der Waals surface area contributed by atoms with Crippen molar-refractivity contribution in [2.24, 2.45) is 5.10 Å². The van der Waals surface area contributed by atoms with Crippen LogP contribution in [0.2, 0.25) is 0 Å². The van der Waals surface area contributed by atoms with E-state index in [0.29, 0.717) is 0 Å². The first-order chi connectivity index (χ1) is 3.80. The zero-order valence-electron chi connectivity index (χ0n) is 3.83. The van der Waals surface area contributed by atoms with Gasteiger partial charge in [0.25, 0.3) is 0 Å². The monoisotopic (exact) mass is 151 g/mol. The average molecular weight is 152 g/mol. The summed E-state index contributed by atoms with van der Waals surface area (Å²) in [6.45, 7) is 0. The number of hydrogen-bond donors (Lipinski definition) is 0. The van der Waals surface area contributed by atoms with E-state index in [4.69, 9.17) is 23.6 Å². The van der Waals surface area contributed by atoms with E-state index in [9.17, 15) is 0 Å². The Balaban J connectivity index is 2.59. The van der Waals surface area contributed by atoms with Crippen LogP contribution in [0.4, 0.5) is 0 Å². The van der Waals surface area contributed by atoms with Gasteiger partial charge in [0, 0.05) is 18.0 Å². The van der Waals surface area contributed by atoms with Crippen LogP contribution < -0.4 is 0 Å². The van der Waals surface area contributed by atoms with Gasteiger partial charge in [-0.25, -0.2) is 0 Å². The van der Waals surface area contributed by atoms with E-state index < -0.39 is 0 Å². The van der Waals surface area contributed by atoms with Gasteiger partial charge in [-0.3, -0.25) is 0 Å². The molecule has 0 aromatic heterocycles. The molecule has 1 aliphatic heterocycles. The smallest absolute Gasteiger partial charge is 0.0587 e. The maximum atomic E-state index is 5.39. The fourth-order valence-electron chi connectivity index (χ4n) is 0.307. The van der Waals surface area contributed by atoms with Crippen molar-refractivity contribution in [1.82, 2.24) is 9.16 Å². The number of nitrogens with zero attached hydrogens (tertiary/aromatic N) is 3. The fourth-order valence-corrected chi connectivity index (χ4v) is 0.512. The first kappa shape index (κ1) is 5.72. The van der Waals surface area contributed by atoms with Crippen molar-refractivity contribution in [3.63, 3.8) is 0 Å². The molecule has 0 atom stereocenters. The van der Waals surface area contributed by atoms with Gasteiger partial charge in [0.2, 0.25) is 0 Å². The zero-order valence-corrected chi connectivity index (χ0v) is 5.34. The maximum absolute atomic E-state index is 5.39. The van der Waals surface area contributed by atoms with Crippen LogP contribution in [0.5, 0.6) is 0 Å². The third kappa shape index (κ3) is 1.05. The van der Waals surface area contributed by atoms with Crippen molar-refractivity contribution in [2.75, 3.05) is 0 Å². The normalized spacial score (nSPS) is 17.8. The second kappa shape index (κ2) is 2.24. The summed E-state index contributed by atoms with van der Waals surface area (Å²) >= 11 is 10.7. The molecule has 1 aliphatic rings. The van der Waals surface area contributed by atoms with Crippen LogP contribution in [-0.4, -0.2) is 15.4 Å². The molecule has 0 fully saturated rings. The Bertz CT molecular complexity index is 116. The minimum absolute atomic E-state index is 0.988. The molecule has 0 aromatic rings. The lowest BCUT2D eigenvalue weighted by atomic mass is 10.7. The van der Waals surface area contributed by atoms with Crippen molar-refractivity contribution in [2.45, 2.75) is 0 Å². The summed E-state index contributed by atoms with van der Waals surface area (Å²) in [5.41, 5.74) is 0. The molecule has 0 unspecified atom stereocenters. The summed E-state index contributed by atoms with van der Waals surface area (Å²) < 4.78 is 2.11. The second-order valence-electron chi connectivity index (χ2n) is 1.14. The Morgan fingerprint density at radius 3 is 2.50 bits per heavy atom. The highest BCUT2D eigenvalue weighted by Gasteiger charge is 2.02. The molecule has 1 heterocycles. The van der Waals surface area contributed by atoms with Gasteiger partial charge >= 0.3 is 0 Å². The SMILES string of the molecule is ClN1C=CC=NN1Cl. The number of allylic oxidation sites excluding steroid dienone is 1. The minimum atomic E-state index is 0.988. The third-order valence-corrected chi connectivity index (χ3v) is 1.20. The lowest BCUT2D eigenvalue weighted by Gasteiger charge is -2.17. The summed E-state index contributed by atoms with van der Waals surface area (Å²) in [7, 11) is 0. The molecule has 0 aliphatic carbocycles. The molecule has 0 aromatic carbocycles. The van der Waals surface area contributed by atoms with Crippen LogP contribution in [0.3, 0.4) is 0 Å². The van der Waals surface area contributed by atoms with E-state index in [1.54, 1.807) is 12.3 Å². The van der Waals surface area contributed by atoms with Crippen molar-refractivity contribution in [3.05, 3.63) is 12.3 Å². The van der Waals surface area contributed by atoms with Gasteiger partial charge < -0.3 is 0 Å². The van der Waals surface area contributed by atoms with Crippen LogP contribution in [0.15, 0.2) is 17.4 Å². The fraction of sp³-hybridized carbons (Fsp3) is 0. The van der Waals surface area contributed by atoms with Crippen LogP contribution in [0.1, 0.15) is 0 Å². The Labute approximate surface area is 57.0 Å². The highest BCUT2D eigenvalue weighted by Crippen LogP contribution is 2.09. The summed E-state index contributed by atoms with van der Waals surface area (Å²) in [6.07, 6.45) is 4.78. The molecule has 0 amide bonds. The predicted octanol–water partition coefficient (Wildman–Crippen LogP) is 1.33. The molecule has 44 valence electrons. The molecule has 0 spiro atoms. The van der Waals surface area contributed by atoms with Gasteiger partial charge in [0.15, 0.2) is 0 Å². The summed E-state index contributed by atoms with van der Waals surface area (Å²) in [5.74, 6) is 0. The Hall–Kier alpha value is -0.410. The summed E-state index contributed by atoms with van der Waals surface area (Å²) in [5, 5.41) is 3.59. The van der Waals surface area contributed by atoms with Crippen LogP contribution >= 0.6 is 23.6 Å². The highest BCUT2D eigenvalue weighted by molar-refractivity contribution is 6.19. The van der Waals surface area contributed by atoms with Gasteiger partial charge in [-0.2, -0.15) is 4.53 Å². The number of hydrogen-bond acceptors (Lipinski definition) is 3. The van der Waals surface area contributed by atoms with E-state index in [1.807, 2.05) is 0 Å². The molecule has 8 heavy (non-hydrogen) atoms. The molecule has 5 heteroatoms. The first-order valence-electron chi connectivity index (χ1n) is 1.92. The molecule has 0 bridgehead atoms. The molecule has 0 saturated heterocycles. The molecule has 0 N–H and O–H groups in total. The van der Waals surface area contributed by atoms with E-state index in [2.05, 4.69) is 5.10 Å². The van der Waals surface area contributed by atoms with E-state index in [-0.39, 0.29) is 0 Å². The van der Waals surface area contributed by atoms with Crippen LogP contribution in [0, 0.1) is 0 Å². The number of halogens is 2. The molecule has 0 radical (unpaired) electrons. The quantitative estimate of drug-likeness (QED) is 0.487. The molecular weight excluding hydrogens is 149 g/mol. The minimum Gasteiger partial charge on any atom is -0.169 e. The van der Waals surface area contributed by atoms with Crippen molar-refractivity contribution >= 4 is 29.8 Å². The first-order valence-corrected chi connectivity index (χ1v) is 2.60. The maximum Gasteiger partial charge on any atom is 0.0587 e. The zero-order chi connectivity index (χ0) is 5.98. The molecule has 0 saturated carbocycles. The molecular formula is C3H3Cl2N3. The van der Waals surface area contributed by atoms with Crippen LogP contribution in [-0.2, 0) is 0 Å². The average Bonchev–Trinajstić information content (AvgIpc) is 1.77. The second-order valence-corrected chi connectivity index (χ2v) is 1.78. The van der Waals surface area contributed by atoms with E-state index in [0.717, 1.165) is 9.16 Å². The van der Waals surface area contributed by atoms with Gasteiger partial charge in [0.05, 0.1) is 18.0 Å². The lowest BCUT2D eigenvalue weighted by Crippen LogP contribution is -2.19. The van der Waals surface area contributed by atoms with Gasteiger partial charge in [-0.1, -0.05) is 4.64 Å². The lowest BCUT2D eigenvalue weighted by molar-refractivity contribution is 0.250. The largest absolute Gasteiger partial charge is 0.169 e. The number of hydrazine groups is 1. The van der Waals surface area contributed by atoms with Crippen LogP contribution in [0.25, 0.3) is 0 Å². The Kier molecular flexibility index (Phi) is 1.60. The van der Waals surface area contributed by atoms with E-state index in [1.165, 1.54) is 6.21 Å². The van der Waals surface area contributed by atoms with Gasteiger partial charge in [-0.15, -0.1) is 5.10 Å². The summed E-state index contributed by atoms with van der Waals surface area (Å²) in [6, 6.07) is 0. The summed E-state index contributed by atoms with van der Waals surface area (Å²) in [4.78, 5) is 0. The molecule has 1 rings (SSSR count). The molecule has 3 nitrogen and oxygen atoms in total. The highest BCUT2D eigenvalue weighted by atomic mass is 35.5. The third-order valence-electron chi connectivity index (χ3n) is 0.615. The topological polar surface area (TPSA) is 18.8 Å². The predicted molar refractivity (Wildman–Crippen MR) is 33.0 cm³/mol. The van der Waals surface area contributed by atoms with Crippen molar-refractivity contribution < 1.29 is 0 Å². The van der Waals surface area contributed by atoms with Crippen molar-refractivity contribution in [1.29, 1.82) is 0 Å². The number of hydrazone groups is 1. The Morgan fingerprint density at radius 2 is 2.12 bits per heavy atom. The Morgan fingerprint density at radius 1 is 1.38 bits per heavy atom.